The van der Waals surface area contributed by atoms with Gasteiger partial charge < -0.3 is 9.47 Å². The number of aromatic nitrogens is 1. The SMILES string of the molecule is N#Cc1ccc(OCC(=O)OC(c2ccccc2)c2ccccn2)cc1. The zero-order chi connectivity index (χ0) is 18.2. The lowest BCUT2D eigenvalue weighted by Crippen LogP contribution is -2.19. The molecule has 0 saturated carbocycles. The molecule has 0 saturated heterocycles. The largest absolute Gasteiger partial charge is 0.482 e. The Balaban J connectivity index is 1.68. The predicted molar refractivity (Wildman–Crippen MR) is 95.3 cm³/mol. The molecule has 0 N–H and O–H groups in total. The molecule has 5 heteroatoms. The minimum Gasteiger partial charge on any atom is -0.482 e. The fourth-order valence-corrected chi connectivity index (χ4v) is 2.39. The molecule has 0 amide bonds. The average molecular weight is 344 g/mol. The van der Waals surface area contributed by atoms with Gasteiger partial charge in [-0.1, -0.05) is 36.4 Å². The highest BCUT2D eigenvalue weighted by atomic mass is 16.6. The Morgan fingerprint density at radius 2 is 1.73 bits per heavy atom. The Bertz CT molecular complexity index is 849. The number of ether oxygens (including phenoxy) is 2. The van der Waals surface area contributed by atoms with E-state index in [4.69, 9.17) is 14.7 Å². The molecule has 5 nitrogen and oxygen atoms in total. The fourth-order valence-electron chi connectivity index (χ4n) is 2.39. The summed E-state index contributed by atoms with van der Waals surface area (Å²) < 4.78 is 11.0. The number of nitrogens with zero attached hydrogens (tertiary/aromatic N) is 2. The van der Waals surface area contributed by atoms with E-state index in [-0.39, 0.29) is 6.61 Å². The minimum absolute atomic E-state index is 0.234. The second-order valence-electron chi connectivity index (χ2n) is 5.46. The van der Waals surface area contributed by atoms with E-state index < -0.39 is 12.1 Å². The van der Waals surface area contributed by atoms with Gasteiger partial charge in [-0.3, -0.25) is 4.98 Å². The van der Waals surface area contributed by atoms with Crippen LogP contribution in [0.25, 0.3) is 0 Å². The van der Waals surface area contributed by atoms with Crippen molar-refractivity contribution in [3.8, 4) is 11.8 Å². The third-order valence-corrected chi connectivity index (χ3v) is 3.65. The Kier molecular flexibility index (Phi) is 5.58. The van der Waals surface area contributed by atoms with Gasteiger partial charge in [0, 0.05) is 6.20 Å². The molecule has 0 bridgehead atoms. The first kappa shape index (κ1) is 17.2. The highest BCUT2D eigenvalue weighted by molar-refractivity contribution is 5.71. The minimum atomic E-state index is -0.602. The van der Waals surface area contributed by atoms with E-state index >= 15 is 0 Å². The smallest absolute Gasteiger partial charge is 0.345 e. The zero-order valence-corrected chi connectivity index (χ0v) is 13.9. The van der Waals surface area contributed by atoms with Crippen molar-refractivity contribution in [1.82, 2.24) is 4.98 Å². The summed E-state index contributed by atoms with van der Waals surface area (Å²) in [6, 6.07) is 23.4. The molecule has 1 unspecified atom stereocenters. The van der Waals surface area contributed by atoms with Crippen molar-refractivity contribution in [2.75, 3.05) is 6.61 Å². The van der Waals surface area contributed by atoms with E-state index in [9.17, 15) is 4.79 Å². The lowest BCUT2D eigenvalue weighted by Gasteiger charge is -2.18. The van der Waals surface area contributed by atoms with E-state index in [1.807, 2.05) is 48.5 Å². The average Bonchev–Trinajstić information content (AvgIpc) is 2.72. The number of hydrogen-bond acceptors (Lipinski definition) is 5. The highest BCUT2D eigenvalue weighted by Crippen LogP contribution is 2.24. The van der Waals surface area contributed by atoms with Crippen molar-refractivity contribution >= 4 is 5.97 Å². The first-order valence-electron chi connectivity index (χ1n) is 8.04. The Labute approximate surface area is 151 Å². The number of nitriles is 1. The van der Waals surface area contributed by atoms with Crippen LogP contribution in [0.5, 0.6) is 5.75 Å². The predicted octanol–water partition coefficient (Wildman–Crippen LogP) is 3.66. The van der Waals surface area contributed by atoms with E-state index in [2.05, 4.69) is 4.98 Å². The van der Waals surface area contributed by atoms with Crippen molar-refractivity contribution in [1.29, 1.82) is 5.26 Å². The second kappa shape index (κ2) is 8.45. The fraction of sp³-hybridized carbons (Fsp3) is 0.0952. The maximum atomic E-state index is 12.3. The topological polar surface area (TPSA) is 72.2 Å². The third-order valence-electron chi connectivity index (χ3n) is 3.65. The van der Waals surface area contributed by atoms with E-state index in [1.165, 1.54) is 0 Å². The van der Waals surface area contributed by atoms with Gasteiger partial charge in [-0.25, -0.2) is 4.79 Å². The standard InChI is InChI=1S/C21H16N2O3/c22-14-16-9-11-18(12-10-16)25-15-20(24)26-21(17-6-2-1-3-7-17)19-8-4-5-13-23-19/h1-13,21H,15H2. The Morgan fingerprint density at radius 1 is 1.00 bits per heavy atom. The molecule has 0 spiro atoms. The highest BCUT2D eigenvalue weighted by Gasteiger charge is 2.20. The number of rotatable bonds is 6. The number of carbonyl (C=O) groups excluding carboxylic acids is 1. The van der Waals surface area contributed by atoms with Crippen LogP contribution in [0.4, 0.5) is 0 Å². The van der Waals surface area contributed by atoms with Gasteiger partial charge in [0.25, 0.3) is 0 Å². The number of pyridine rings is 1. The second-order valence-corrected chi connectivity index (χ2v) is 5.46. The maximum absolute atomic E-state index is 12.3. The molecule has 128 valence electrons. The van der Waals surface area contributed by atoms with Gasteiger partial charge in [0.05, 0.1) is 17.3 Å². The third kappa shape index (κ3) is 4.46. The van der Waals surface area contributed by atoms with Crippen molar-refractivity contribution in [2.24, 2.45) is 0 Å². The number of benzene rings is 2. The van der Waals surface area contributed by atoms with Crippen LogP contribution in [0, 0.1) is 11.3 Å². The van der Waals surface area contributed by atoms with E-state index in [0.29, 0.717) is 17.0 Å². The first-order chi connectivity index (χ1) is 12.8. The quantitative estimate of drug-likeness (QED) is 0.638. The number of hydrogen-bond donors (Lipinski definition) is 0. The van der Waals surface area contributed by atoms with Gasteiger partial charge in [0.15, 0.2) is 12.7 Å². The summed E-state index contributed by atoms with van der Waals surface area (Å²) in [6.07, 6.45) is 1.06. The monoisotopic (exact) mass is 344 g/mol. The first-order valence-corrected chi connectivity index (χ1v) is 8.04. The van der Waals surface area contributed by atoms with Crippen molar-refractivity contribution in [2.45, 2.75) is 6.10 Å². The molecule has 1 aromatic heterocycles. The van der Waals surface area contributed by atoms with Crippen LogP contribution in [0.3, 0.4) is 0 Å². The van der Waals surface area contributed by atoms with Crippen LogP contribution in [-0.2, 0) is 9.53 Å². The molecule has 26 heavy (non-hydrogen) atoms. The zero-order valence-electron chi connectivity index (χ0n) is 13.9. The summed E-state index contributed by atoms with van der Waals surface area (Å²) in [5.41, 5.74) is 2.00. The molecule has 0 aliphatic carbocycles. The number of carbonyl (C=O) groups is 1. The van der Waals surface area contributed by atoms with Crippen LogP contribution in [-0.4, -0.2) is 17.6 Å². The van der Waals surface area contributed by atoms with Crippen LogP contribution >= 0.6 is 0 Å². The molecule has 1 heterocycles. The Morgan fingerprint density at radius 3 is 2.38 bits per heavy atom. The lowest BCUT2D eigenvalue weighted by atomic mass is 10.1. The van der Waals surface area contributed by atoms with Crippen LogP contribution < -0.4 is 4.74 Å². The molecule has 3 aromatic rings. The normalized spacial score (nSPS) is 11.2. The van der Waals surface area contributed by atoms with Gasteiger partial charge in [0.1, 0.15) is 5.75 Å². The van der Waals surface area contributed by atoms with Crippen molar-refractivity contribution in [3.05, 3.63) is 95.8 Å². The van der Waals surface area contributed by atoms with Gasteiger partial charge in [-0.2, -0.15) is 5.26 Å². The lowest BCUT2D eigenvalue weighted by molar-refractivity contribution is -0.150. The van der Waals surface area contributed by atoms with Gasteiger partial charge >= 0.3 is 5.97 Å². The van der Waals surface area contributed by atoms with E-state index in [0.717, 1.165) is 5.56 Å². The summed E-state index contributed by atoms with van der Waals surface area (Å²) in [5, 5.41) is 8.79. The van der Waals surface area contributed by atoms with Gasteiger partial charge in [-0.05, 0) is 42.0 Å². The summed E-state index contributed by atoms with van der Waals surface area (Å²) >= 11 is 0. The van der Waals surface area contributed by atoms with Crippen LogP contribution in [0.1, 0.15) is 22.9 Å². The molecule has 1 atom stereocenters. The van der Waals surface area contributed by atoms with Crippen molar-refractivity contribution in [3.63, 3.8) is 0 Å². The summed E-state index contributed by atoms with van der Waals surface area (Å²) in [7, 11) is 0. The van der Waals surface area contributed by atoms with Crippen LogP contribution in [0.15, 0.2) is 79.0 Å². The maximum Gasteiger partial charge on any atom is 0.345 e. The van der Waals surface area contributed by atoms with E-state index in [1.54, 1.807) is 36.5 Å². The summed E-state index contributed by atoms with van der Waals surface area (Å²) in [4.78, 5) is 16.6. The molecule has 3 rings (SSSR count). The molecule has 2 aromatic carbocycles. The molecular weight excluding hydrogens is 328 g/mol. The Hall–Kier alpha value is -3.65. The molecular formula is C21H16N2O3. The van der Waals surface area contributed by atoms with Crippen molar-refractivity contribution < 1.29 is 14.3 Å². The summed E-state index contributed by atoms with van der Waals surface area (Å²) in [6.45, 7) is -0.234. The van der Waals surface area contributed by atoms with Crippen LogP contribution in [0.2, 0.25) is 0 Å². The molecule has 0 fully saturated rings. The van der Waals surface area contributed by atoms with Gasteiger partial charge in [0.2, 0.25) is 0 Å². The number of esters is 1. The molecule has 0 aliphatic heterocycles. The van der Waals surface area contributed by atoms with Gasteiger partial charge in [-0.15, -0.1) is 0 Å². The summed E-state index contributed by atoms with van der Waals surface area (Å²) in [5.74, 6) is -0.0103. The molecule has 0 aliphatic rings. The molecule has 0 radical (unpaired) electrons.